The zero-order valence-electron chi connectivity index (χ0n) is 11.4. The average molecular weight is 262 g/mol. The van der Waals surface area contributed by atoms with Crippen molar-refractivity contribution in [1.29, 1.82) is 0 Å². The van der Waals surface area contributed by atoms with Gasteiger partial charge in [0.05, 0.1) is 18.3 Å². The molecule has 0 aliphatic heterocycles. The third-order valence-corrected chi connectivity index (χ3v) is 2.73. The Morgan fingerprint density at radius 1 is 1.32 bits per heavy atom. The van der Waals surface area contributed by atoms with Crippen molar-refractivity contribution >= 4 is 5.97 Å². The van der Waals surface area contributed by atoms with Crippen molar-refractivity contribution in [2.45, 2.75) is 38.7 Å². The van der Waals surface area contributed by atoms with Gasteiger partial charge in [-0.15, -0.1) is 0 Å². The summed E-state index contributed by atoms with van der Waals surface area (Å²) < 4.78 is 5.14. The first-order chi connectivity index (χ1) is 9.24. The first-order valence-corrected chi connectivity index (χ1v) is 6.79. The van der Waals surface area contributed by atoms with Gasteiger partial charge >= 0.3 is 5.97 Å². The molecule has 19 heavy (non-hydrogen) atoms. The standard InChI is InChI=1S/C16H22O3/c1-2-3-5-11-15(17)12-8-13-19-16(18)14-9-6-4-7-10-14/h3-7,9-10,15,17H,2,8,11-13H2,1H3/t15-/m0/s1. The molecule has 0 spiro atoms. The van der Waals surface area contributed by atoms with E-state index in [1.54, 1.807) is 24.3 Å². The fourth-order valence-corrected chi connectivity index (χ4v) is 1.68. The summed E-state index contributed by atoms with van der Waals surface area (Å²) in [6.07, 6.45) is 6.66. The SMILES string of the molecule is CCC=CC[C@H](O)CCCOC(=O)c1ccccc1. The number of carbonyl (C=O) groups is 1. The van der Waals surface area contributed by atoms with E-state index < -0.39 is 0 Å². The maximum Gasteiger partial charge on any atom is 0.338 e. The van der Waals surface area contributed by atoms with Gasteiger partial charge in [0.25, 0.3) is 0 Å². The van der Waals surface area contributed by atoms with E-state index in [0.29, 0.717) is 31.4 Å². The molecule has 0 amide bonds. The van der Waals surface area contributed by atoms with Crippen LogP contribution in [0.1, 0.15) is 43.0 Å². The molecule has 1 aromatic carbocycles. The van der Waals surface area contributed by atoms with Crippen LogP contribution >= 0.6 is 0 Å². The molecule has 1 rings (SSSR count). The van der Waals surface area contributed by atoms with E-state index in [2.05, 4.69) is 6.92 Å². The second-order valence-electron chi connectivity index (χ2n) is 4.41. The van der Waals surface area contributed by atoms with Gasteiger partial charge in [0.15, 0.2) is 0 Å². The van der Waals surface area contributed by atoms with Crippen LogP contribution in [0, 0.1) is 0 Å². The van der Waals surface area contributed by atoms with Crippen molar-refractivity contribution in [3.8, 4) is 0 Å². The lowest BCUT2D eigenvalue weighted by Gasteiger charge is -2.08. The van der Waals surface area contributed by atoms with Gasteiger partial charge in [-0.1, -0.05) is 37.3 Å². The van der Waals surface area contributed by atoms with Gasteiger partial charge in [-0.2, -0.15) is 0 Å². The highest BCUT2D eigenvalue weighted by molar-refractivity contribution is 5.89. The van der Waals surface area contributed by atoms with Crippen molar-refractivity contribution in [1.82, 2.24) is 0 Å². The molecule has 0 unspecified atom stereocenters. The number of esters is 1. The maximum absolute atomic E-state index is 11.6. The second-order valence-corrected chi connectivity index (χ2v) is 4.41. The summed E-state index contributed by atoms with van der Waals surface area (Å²) in [7, 11) is 0. The number of ether oxygens (including phenoxy) is 1. The third kappa shape index (κ3) is 6.77. The van der Waals surface area contributed by atoms with Crippen molar-refractivity contribution in [2.24, 2.45) is 0 Å². The van der Waals surface area contributed by atoms with Crippen LogP contribution in [0.4, 0.5) is 0 Å². The Morgan fingerprint density at radius 3 is 2.74 bits per heavy atom. The molecule has 0 aliphatic rings. The average Bonchev–Trinajstić information content (AvgIpc) is 2.44. The minimum absolute atomic E-state index is 0.305. The van der Waals surface area contributed by atoms with Gasteiger partial charge < -0.3 is 9.84 Å². The lowest BCUT2D eigenvalue weighted by atomic mass is 10.1. The summed E-state index contributed by atoms with van der Waals surface area (Å²) in [5.74, 6) is -0.305. The van der Waals surface area contributed by atoms with Crippen LogP contribution in [-0.4, -0.2) is 23.8 Å². The minimum atomic E-state index is -0.349. The summed E-state index contributed by atoms with van der Waals surface area (Å²) in [5.41, 5.74) is 0.564. The lowest BCUT2D eigenvalue weighted by molar-refractivity contribution is 0.0477. The van der Waals surface area contributed by atoms with E-state index in [4.69, 9.17) is 4.74 Å². The number of carbonyl (C=O) groups excluding carboxylic acids is 1. The molecule has 0 aliphatic carbocycles. The van der Waals surface area contributed by atoms with E-state index >= 15 is 0 Å². The highest BCUT2D eigenvalue weighted by Crippen LogP contribution is 2.05. The quantitative estimate of drug-likeness (QED) is 0.444. The molecule has 3 heteroatoms. The maximum atomic E-state index is 11.6. The van der Waals surface area contributed by atoms with Gasteiger partial charge in [0, 0.05) is 0 Å². The Labute approximate surface area is 114 Å². The molecule has 0 radical (unpaired) electrons. The van der Waals surface area contributed by atoms with E-state index in [0.717, 1.165) is 6.42 Å². The number of hydrogen-bond donors (Lipinski definition) is 1. The Morgan fingerprint density at radius 2 is 2.05 bits per heavy atom. The van der Waals surface area contributed by atoms with Crippen LogP contribution in [0.25, 0.3) is 0 Å². The molecule has 104 valence electrons. The monoisotopic (exact) mass is 262 g/mol. The van der Waals surface area contributed by atoms with Gasteiger partial charge in [-0.3, -0.25) is 0 Å². The molecule has 1 atom stereocenters. The first kappa shape index (κ1) is 15.4. The topological polar surface area (TPSA) is 46.5 Å². The summed E-state index contributed by atoms with van der Waals surface area (Å²) in [4.78, 5) is 11.6. The fourth-order valence-electron chi connectivity index (χ4n) is 1.68. The minimum Gasteiger partial charge on any atom is -0.462 e. The summed E-state index contributed by atoms with van der Waals surface area (Å²) in [6, 6.07) is 8.93. The predicted octanol–water partition coefficient (Wildman–Crippen LogP) is 3.34. The van der Waals surface area contributed by atoms with Crippen LogP contribution in [0.3, 0.4) is 0 Å². The van der Waals surface area contributed by atoms with E-state index in [-0.39, 0.29) is 12.1 Å². The zero-order valence-corrected chi connectivity index (χ0v) is 11.4. The molecule has 0 saturated heterocycles. The number of hydrogen-bond acceptors (Lipinski definition) is 3. The molecule has 1 aromatic rings. The smallest absolute Gasteiger partial charge is 0.338 e. The highest BCUT2D eigenvalue weighted by atomic mass is 16.5. The largest absolute Gasteiger partial charge is 0.462 e. The van der Waals surface area contributed by atoms with Crippen molar-refractivity contribution in [3.63, 3.8) is 0 Å². The molecule has 0 saturated carbocycles. The van der Waals surface area contributed by atoms with E-state index in [1.807, 2.05) is 18.2 Å². The lowest BCUT2D eigenvalue weighted by Crippen LogP contribution is -2.10. The van der Waals surface area contributed by atoms with Gasteiger partial charge in [0.1, 0.15) is 0 Å². The third-order valence-electron chi connectivity index (χ3n) is 2.73. The molecular weight excluding hydrogens is 240 g/mol. The summed E-state index contributed by atoms with van der Waals surface area (Å²) >= 11 is 0. The summed E-state index contributed by atoms with van der Waals surface area (Å²) in [5, 5.41) is 9.67. The van der Waals surface area contributed by atoms with Gasteiger partial charge in [-0.05, 0) is 37.8 Å². The van der Waals surface area contributed by atoms with Crippen molar-refractivity contribution < 1.29 is 14.6 Å². The van der Waals surface area contributed by atoms with Crippen LogP contribution < -0.4 is 0 Å². The number of aliphatic hydroxyl groups is 1. The fraction of sp³-hybridized carbons (Fsp3) is 0.438. The van der Waals surface area contributed by atoms with Crippen LogP contribution in [-0.2, 0) is 4.74 Å². The van der Waals surface area contributed by atoms with Crippen LogP contribution in [0.15, 0.2) is 42.5 Å². The normalized spacial score (nSPS) is 12.5. The molecule has 0 fully saturated rings. The first-order valence-electron chi connectivity index (χ1n) is 6.79. The zero-order chi connectivity index (χ0) is 13.9. The molecule has 1 N–H and O–H groups in total. The van der Waals surface area contributed by atoms with E-state index in [9.17, 15) is 9.90 Å². The van der Waals surface area contributed by atoms with Gasteiger partial charge in [-0.25, -0.2) is 4.79 Å². The molecule has 0 aromatic heterocycles. The Bertz CT molecular complexity index is 384. The Hall–Kier alpha value is -1.61. The molecular formula is C16H22O3. The number of benzene rings is 1. The molecule has 3 nitrogen and oxygen atoms in total. The second kappa shape index (κ2) is 9.34. The highest BCUT2D eigenvalue weighted by Gasteiger charge is 2.06. The van der Waals surface area contributed by atoms with E-state index in [1.165, 1.54) is 0 Å². The predicted molar refractivity (Wildman–Crippen MR) is 76.0 cm³/mol. The van der Waals surface area contributed by atoms with Crippen LogP contribution in [0.2, 0.25) is 0 Å². The molecule has 0 heterocycles. The number of allylic oxidation sites excluding steroid dienone is 1. The van der Waals surface area contributed by atoms with Gasteiger partial charge in [0.2, 0.25) is 0 Å². The van der Waals surface area contributed by atoms with Crippen molar-refractivity contribution in [3.05, 3.63) is 48.0 Å². The Balaban J connectivity index is 2.14. The number of rotatable bonds is 8. The van der Waals surface area contributed by atoms with Crippen molar-refractivity contribution in [2.75, 3.05) is 6.61 Å². The Kier molecular flexibility index (Phi) is 7.59. The van der Waals surface area contributed by atoms with Crippen LogP contribution in [0.5, 0.6) is 0 Å². The number of aliphatic hydroxyl groups excluding tert-OH is 1. The summed E-state index contributed by atoms with van der Waals surface area (Å²) in [6.45, 7) is 2.41. The molecule has 0 bridgehead atoms.